The summed E-state index contributed by atoms with van der Waals surface area (Å²) in [7, 11) is 0. The van der Waals surface area contributed by atoms with E-state index in [4.69, 9.17) is 0 Å². The van der Waals surface area contributed by atoms with E-state index in [2.05, 4.69) is 15.3 Å². The fourth-order valence-corrected chi connectivity index (χ4v) is 2.55. The van der Waals surface area contributed by atoms with Gasteiger partial charge in [0.05, 0.1) is 16.8 Å². The minimum atomic E-state index is -4.39. The van der Waals surface area contributed by atoms with Gasteiger partial charge in [-0.25, -0.2) is 9.97 Å². The van der Waals surface area contributed by atoms with Crippen molar-refractivity contribution in [3.05, 3.63) is 35.8 Å². The lowest BCUT2D eigenvalue weighted by Gasteiger charge is -2.14. The Balaban J connectivity index is 2.21. The number of aromatic nitrogens is 2. The zero-order valence-electron chi connectivity index (χ0n) is 10.0. The second kappa shape index (κ2) is 4.45. The minimum Gasteiger partial charge on any atom is -0.316 e. The van der Waals surface area contributed by atoms with E-state index >= 15 is 0 Å². The number of nitrogens with zero attached hydrogens (tertiary/aromatic N) is 2. The average molecular weight is 267 g/mol. The van der Waals surface area contributed by atoms with Gasteiger partial charge in [0.1, 0.15) is 6.33 Å². The molecule has 1 aliphatic rings. The monoisotopic (exact) mass is 267 g/mol. The number of halogens is 3. The van der Waals surface area contributed by atoms with Crippen LogP contribution in [0.4, 0.5) is 13.2 Å². The first-order valence-corrected chi connectivity index (χ1v) is 6.09. The van der Waals surface area contributed by atoms with Crippen molar-refractivity contribution in [1.82, 2.24) is 15.3 Å². The fourth-order valence-electron chi connectivity index (χ4n) is 2.55. The number of hydrogen-bond donors (Lipinski definition) is 1. The summed E-state index contributed by atoms with van der Waals surface area (Å²) in [4.78, 5) is 8.02. The summed E-state index contributed by atoms with van der Waals surface area (Å²) in [6.07, 6.45) is -2.27. The molecule has 1 aliphatic heterocycles. The van der Waals surface area contributed by atoms with Crippen LogP contribution in [0.2, 0.25) is 0 Å². The molecule has 1 unspecified atom stereocenters. The van der Waals surface area contributed by atoms with Crippen molar-refractivity contribution < 1.29 is 13.2 Å². The molecule has 0 spiro atoms. The smallest absolute Gasteiger partial charge is 0.316 e. The van der Waals surface area contributed by atoms with Gasteiger partial charge in [0.2, 0.25) is 0 Å². The molecule has 1 fully saturated rings. The van der Waals surface area contributed by atoms with Gasteiger partial charge < -0.3 is 5.32 Å². The molecule has 1 aromatic heterocycles. The summed E-state index contributed by atoms with van der Waals surface area (Å²) in [6.45, 7) is 1.62. The predicted octanol–water partition coefficient (Wildman–Crippen LogP) is 2.73. The normalized spacial score (nSPS) is 20.1. The molecule has 100 valence electrons. The molecule has 0 radical (unpaired) electrons. The largest absolute Gasteiger partial charge is 0.418 e. The number of alkyl halides is 3. The van der Waals surface area contributed by atoms with Crippen molar-refractivity contribution in [2.45, 2.75) is 18.5 Å². The number of benzene rings is 1. The number of rotatable bonds is 1. The molecular formula is C13H12F3N3. The minimum absolute atomic E-state index is 0.00750. The maximum atomic E-state index is 13.0. The lowest BCUT2D eigenvalue weighted by Crippen LogP contribution is -2.11. The van der Waals surface area contributed by atoms with Gasteiger partial charge >= 0.3 is 6.18 Å². The topological polar surface area (TPSA) is 37.8 Å². The molecule has 1 atom stereocenters. The van der Waals surface area contributed by atoms with Crippen LogP contribution in [-0.4, -0.2) is 23.1 Å². The molecule has 6 heteroatoms. The zero-order valence-corrected chi connectivity index (χ0v) is 10.0. The van der Waals surface area contributed by atoms with Gasteiger partial charge in [0.15, 0.2) is 0 Å². The van der Waals surface area contributed by atoms with Crippen LogP contribution >= 0.6 is 0 Å². The molecule has 1 N–H and O–H groups in total. The third-order valence-electron chi connectivity index (χ3n) is 3.45. The van der Waals surface area contributed by atoms with E-state index in [0.29, 0.717) is 11.1 Å². The van der Waals surface area contributed by atoms with E-state index < -0.39 is 11.7 Å². The Hall–Kier alpha value is -1.69. The molecular weight excluding hydrogens is 255 g/mol. The lowest BCUT2D eigenvalue weighted by molar-refractivity contribution is -0.136. The Morgan fingerprint density at radius 3 is 2.74 bits per heavy atom. The molecule has 1 saturated heterocycles. The standard InChI is InChI=1S/C13H12F3N3/c14-13(15,16)10-3-1-2-9-11(8-4-5-17-6-8)18-7-19-12(9)10/h1-3,7-8,17H,4-6H2. The van der Waals surface area contributed by atoms with Crippen LogP contribution in [-0.2, 0) is 6.18 Å². The van der Waals surface area contributed by atoms with Crippen LogP contribution in [0.1, 0.15) is 23.6 Å². The molecule has 3 rings (SSSR count). The van der Waals surface area contributed by atoms with Gasteiger partial charge in [-0.2, -0.15) is 13.2 Å². The first-order chi connectivity index (χ1) is 9.07. The van der Waals surface area contributed by atoms with Gasteiger partial charge in [0, 0.05) is 17.8 Å². The molecule has 2 heterocycles. The van der Waals surface area contributed by atoms with Crippen molar-refractivity contribution in [3.8, 4) is 0 Å². The van der Waals surface area contributed by atoms with E-state index in [9.17, 15) is 13.2 Å². The maximum Gasteiger partial charge on any atom is 0.418 e. The number of fused-ring (bicyclic) bond motifs is 1. The Morgan fingerprint density at radius 1 is 1.21 bits per heavy atom. The van der Waals surface area contributed by atoms with Gasteiger partial charge in [-0.1, -0.05) is 12.1 Å². The SMILES string of the molecule is FC(F)(F)c1cccc2c(C3CCNC3)ncnc12. The van der Waals surface area contributed by atoms with Gasteiger partial charge in [-0.05, 0) is 19.0 Å². The van der Waals surface area contributed by atoms with Gasteiger partial charge in [0.25, 0.3) is 0 Å². The molecule has 0 amide bonds. The maximum absolute atomic E-state index is 13.0. The molecule has 0 saturated carbocycles. The van der Waals surface area contributed by atoms with Crippen LogP contribution in [0, 0.1) is 0 Å². The summed E-state index contributed by atoms with van der Waals surface area (Å²) in [6, 6.07) is 4.14. The lowest BCUT2D eigenvalue weighted by atomic mass is 9.98. The number of para-hydroxylation sites is 1. The van der Waals surface area contributed by atoms with E-state index in [1.807, 2.05) is 0 Å². The first-order valence-electron chi connectivity index (χ1n) is 6.09. The Morgan fingerprint density at radius 2 is 2.05 bits per heavy atom. The third-order valence-corrected chi connectivity index (χ3v) is 3.45. The quantitative estimate of drug-likeness (QED) is 0.863. The van der Waals surface area contributed by atoms with E-state index in [1.54, 1.807) is 6.07 Å². The second-order valence-electron chi connectivity index (χ2n) is 4.65. The Bertz CT molecular complexity index is 604. The Labute approximate surface area is 107 Å². The zero-order chi connectivity index (χ0) is 13.5. The molecule has 3 nitrogen and oxygen atoms in total. The second-order valence-corrected chi connectivity index (χ2v) is 4.65. The molecule has 2 aromatic rings. The molecule has 0 bridgehead atoms. The highest BCUT2D eigenvalue weighted by molar-refractivity contribution is 5.84. The van der Waals surface area contributed by atoms with Crippen LogP contribution in [0.15, 0.2) is 24.5 Å². The molecule has 0 aliphatic carbocycles. The number of hydrogen-bond acceptors (Lipinski definition) is 3. The predicted molar refractivity (Wildman–Crippen MR) is 64.8 cm³/mol. The highest BCUT2D eigenvalue weighted by Gasteiger charge is 2.34. The Kier molecular flexibility index (Phi) is 2.89. The summed E-state index contributed by atoms with van der Waals surface area (Å²) < 4.78 is 38.9. The van der Waals surface area contributed by atoms with Gasteiger partial charge in [-0.3, -0.25) is 0 Å². The highest BCUT2D eigenvalue weighted by atomic mass is 19.4. The molecule has 19 heavy (non-hydrogen) atoms. The summed E-state index contributed by atoms with van der Waals surface area (Å²) >= 11 is 0. The van der Waals surface area contributed by atoms with Crippen molar-refractivity contribution in [2.24, 2.45) is 0 Å². The van der Waals surface area contributed by atoms with Crippen molar-refractivity contribution in [3.63, 3.8) is 0 Å². The van der Waals surface area contributed by atoms with Gasteiger partial charge in [-0.15, -0.1) is 0 Å². The van der Waals surface area contributed by atoms with E-state index in [1.165, 1.54) is 12.4 Å². The van der Waals surface area contributed by atoms with E-state index in [0.717, 1.165) is 25.6 Å². The highest BCUT2D eigenvalue weighted by Crippen LogP contribution is 2.36. The van der Waals surface area contributed by atoms with Crippen molar-refractivity contribution in [2.75, 3.05) is 13.1 Å². The van der Waals surface area contributed by atoms with Crippen molar-refractivity contribution in [1.29, 1.82) is 0 Å². The van der Waals surface area contributed by atoms with Crippen LogP contribution in [0.5, 0.6) is 0 Å². The van der Waals surface area contributed by atoms with Crippen LogP contribution in [0.3, 0.4) is 0 Å². The first kappa shape index (κ1) is 12.3. The summed E-state index contributed by atoms with van der Waals surface area (Å²) in [5.41, 5.74) is 0.00704. The summed E-state index contributed by atoms with van der Waals surface area (Å²) in [5.74, 6) is 0.161. The fraction of sp³-hybridized carbons (Fsp3) is 0.385. The van der Waals surface area contributed by atoms with E-state index in [-0.39, 0.29) is 11.4 Å². The summed E-state index contributed by atoms with van der Waals surface area (Å²) in [5, 5.41) is 3.70. The van der Waals surface area contributed by atoms with Crippen LogP contribution < -0.4 is 5.32 Å². The van der Waals surface area contributed by atoms with Crippen LogP contribution in [0.25, 0.3) is 10.9 Å². The molecule has 1 aromatic carbocycles. The average Bonchev–Trinajstić information content (AvgIpc) is 2.90. The third kappa shape index (κ3) is 2.16. The van der Waals surface area contributed by atoms with Crippen molar-refractivity contribution >= 4 is 10.9 Å². The number of nitrogens with one attached hydrogen (secondary N) is 1.